The van der Waals surface area contributed by atoms with Crippen LogP contribution in [-0.2, 0) is 6.54 Å². The maximum absolute atomic E-state index is 14.4. The molecule has 1 aromatic carbocycles. The van der Waals surface area contributed by atoms with Gasteiger partial charge in [-0.2, -0.15) is 0 Å². The summed E-state index contributed by atoms with van der Waals surface area (Å²) in [5.41, 5.74) is 1.82. The van der Waals surface area contributed by atoms with Crippen molar-refractivity contribution in [3.8, 4) is 0 Å². The average Bonchev–Trinajstić information content (AvgIpc) is 2.48. The molecule has 1 unspecified atom stereocenters. The number of hydrogen-bond donors (Lipinski definition) is 1. The van der Waals surface area contributed by atoms with Gasteiger partial charge < -0.3 is 10.2 Å². The second-order valence-electron chi connectivity index (χ2n) is 5.71. The summed E-state index contributed by atoms with van der Waals surface area (Å²) in [6, 6.07) is 6.22. The van der Waals surface area contributed by atoms with E-state index in [0.29, 0.717) is 6.04 Å². The highest BCUT2D eigenvalue weighted by molar-refractivity contribution is 5.50. The van der Waals surface area contributed by atoms with E-state index in [0.717, 1.165) is 43.7 Å². The average molecular weight is 278 g/mol. The molecule has 1 heterocycles. The lowest BCUT2D eigenvalue weighted by Gasteiger charge is -2.37. The molecule has 20 heavy (non-hydrogen) atoms. The Bertz CT molecular complexity index is 419. The topological polar surface area (TPSA) is 15.3 Å². The fourth-order valence-corrected chi connectivity index (χ4v) is 3.04. The molecule has 3 heteroatoms. The first-order valence-electron chi connectivity index (χ1n) is 8.02. The van der Waals surface area contributed by atoms with Gasteiger partial charge in [-0.05, 0) is 56.3 Å². The van der Waals surface area contributed by atoms with Gasteiger partial charge in [0.25, 0.3) is 0 Å². The molecule has 0 aromatic heterocycles. The normalized spacial score (nSPS) is 19.4. The fraction of sp³-hybridized carbons (Fsp3) is 0.647. The van der Waals surface area contributed by atoms with Crippen LogP contribution in [0.15, 0.2) is 18.2 Å². The maximum atomic E-state index is 14.4. The minimum absolute atomic E-state index is 0.0684. The van der Waals surface area contributed by atoms with Gasteiger partial charge >= 0.3 is 0 Å². The van der Waals surface area contributed by atoms with Gasteiger partial charge in [0.15, 0.2) is 0 Å². The number of rotatable bonds is 6. The standard InChI is InChI=1S/C17H27FN2/c1-3-10-19-13-14-8-9-17(16(18)12-14)20-11-6-5-7-15(20)4-2/h8-9,12,15,19H,3-7,10-11,13H2,1-2H3. The highest BCUT2D eigenvalue weighted by atomic mass is 19.1. The highest BCUT2D eigenvalue weighted by Crippen LogP contribution is 2.29. The molecule has 1 N–H and O–H groups in total. The van der Waals surface area contributed by atoms with Crippen LogP contribution in [0.5, 0.6) is 0 Å². The van der Waals surface area contributed by atoms with Crippen LogP contribution in [0.3, 0.4) is 0 Å². The quantitative estimate of drug-likeness (QED) is 0.788. The molecule has 1 saturated heterocycles. The van der Waals surface area contributed by atoms with E-state index in [2.05, 4.69) is 30.1 Å². The Morgan fingerprint density at radius 1 is 1.30 bits per heavy atom. The van der Waals surface area contributed by atoms with Crippen LogP contribution >= 0.6 is 0 Å². The summed E-state index contributed by atoms with van der Waals surface area (Å²) < 4.78 is 14.4. The molecule has 112 valence electrons. The molecule has 1 atom stereocenters. The van der Waals surface area contributed by atoms with Crippen LogP contribution in [0.2, 0.25) is 0 Å². The Kier molecular flexibility index (Phi) is 5.84. The molecule has 0 bridgehead atoms. The Hall–Kier alpha value is -1.09. The maximum Gasteiger partial charge on any atom is 0.146 e. The van der Waals surface area contributed by atoms with Crippen molar-refractivity contribution in [3.63, 3.8) is 0 Å². The van der Waals surface area contributed by atoms with E-state index in [1.165, 1.54) is 19.3 Å². The molecule has 0 saturated carbocycles. The van der Waals surface area contributed by atoms with E-state index in [-0.39, 0.29) is 5.82 Å². The Labute approximate surface area is 122 Å². The first-order chi connectivity index (χ1) is 9.76. The third kappa shape index (κ3) is 3.72. The summed E-state index contributed by atoms with van der Waals surface area (Å²) in [4.78, 5) is 2.27. The van der Waals surface area contributed by atoms with E-state index in [9.17, 15) is 4.39 Å². The largest absolute Gasteiger partial charge is 0.366 e. The van der Waals surface area contributed by atoms with E-state index in [4.69, 9.17) is 0 Å². The molecular weight excluding hydrogens is 251 g/mol. The van der Waals surface area contributed by atoms with Crippen molar-refractivity contribution in [2.75, 3.05) is 18.0 Å². The summed E-state index contributed by atoms with van der Waals surface area (Å²) in [6.45, 7) is 7.06. The molecule has 0 radical (unpaired) electrons. The minimum atomic E-state index is -0.0684. The number of hydrogen-bond acceptors (Lipinski definition) is 2. The van der Waals surface area contributed by atoms with Crippen molar-refractivity contribution in [1.82, 2.24) is 5.32 Å². The van der Waals surface area contributed by atoms with Crippen molar-refractivity contribution < 1.29 is 4.39 Å². The Balaban J connectivity index is 2.08. The van der Waals surface area contributed by atoms with Crippen molar-refractivity contribution in [1.29, 1.82) is 0 Å². The smallest absolute Gasteiger partial charge is 0.146 e. The van der Waals surface area contributed by atoms with Crippen LogP contribution in [0.1, 0.15) is 51.5 Å². The number of halogens is 1. The van der Waals surface area contributed by atoms with Gasteiger partial charge in [-0.25, -0.2) is 4.39 Å². The Morgan fingerprint density at radius 3 is 2.85 bits per heavy atom. The van der Waals surface area contributed by atoms with Crippen LogP contribution in [0.4, 0.5) is 10.1 Å². The van der Waals surface area contributed by atoms with Crippen LogP contribution in [0, 0.1) is 5.82 Å². The third-order valence-corrected chi connectivity index (χ3v) is 4.18. The predicted octanol–water partition coefficient (Wildman–Crippen LogP) is 4.09. The fourth-order valence-electron chi connectivity index (χ4n) is 3.04. The third-order valence-electron chi connectivity index (χ3n) is 4.18. The lowest BCUT2D eigenvalue weighted by molar-refractivity contribution is 0.443. The Morgan fingerprint density at radius 2 is 2.15 bits per heavy atom. The first kappa shape index (κ1) is 15.3. The van der Waals surface area contributed by atoms with Crippen molar-refractivity contribution >= 4 is 5.69 Å². The van der Waals surface area contributed by atoms with Gasteiger partial charge in [-0.15, -0.1) is 0 Å². The molecule has 1 aromatic rings. The number of nitrogens with one attached hydrogen (secondary N) is 1. The lowest BCUT2D eigenvalue weighted by Crippen LogP contribution is -2.39. The van der Waals surface area contributed by atoms with Gasteiger partial charge in [0, 0.05) is 19.1 Å². The molecular formula is C17H27FN2. The van der Waals surface area contributed by atoms with E-state index < -0.39 is 0 Å². The summed E-state index contributed by atoms with van der Waals surface area (Å²) in [7, 11) is 0. The molecule has 1 aliphatic heterocycles. The van der Waals surface area contributed by atoms with E-state index >= 15 is 0 Å². The van der Waals surface area contributed by atoms with Gasteiger partial charge in [-0.1, -0.05) is 19.9 Å². The first-order valence-corrected chi connectivity index (χ1v) is 8.02. The zero-order chi connectivity index (χ0) is 14.4. The van der Waals surface area contributed by atoms with Gasteiger partial charge in [0.2, 0.25) is 0 Å². The van der Waals surface area contributed by atoms with Crippen LogP contribution < -0.4 is 10.2 Å². The van der Waals surface area contributed by atoms with Crippen molar-refractivity contribution in [3.05, 3.63) is 29.6 Å². The summed E-state index contributed by atoms with van der Waals surface area (Å²) in [6.07, 6.45) is 5.84. The second-order valence-corrected chi connectivity index (χ2v) is 5.71. The summed E-state index contributed by atoms with van der Waals surface area (Å²) in [5, 5.41) is 3.32. The van der Waals surface area contributed by atoms with Crippen LogP contribution in [0.25, 0.3) is 0 Å². The number of anilines is 1. The predicted molar refractivity (Wildman–Crippen MR) is 83.7 cm³/mol. The van der Waals surface area contributed by atoms with Gasteiger partial charge in [0.05, 0.1) is 5.69 Å². The second kappa shape index (κ2) is 7.63. The lowest BCUT2D eigenvalue weighted by atomic mass is 9.99. The van der Waals surface area contributed by atoms with E-state index in [1.807, 2.05) is 6.07 Å². The van der Waals surface area contributed by atoms with Crippen LogP contribution in [-0.4, -0.2) is 19.1 Å². The number of piperidine rings is 1. The van der Waals surface area contributed by atoms with Crippen molar-refractivity contribution in [2.24, 2.45) is 0 Å². The monoisotopic (exact) mass is 278 g/mol. The number of nitrogens with zero attached hydrogens (tertiary/aromatic N) is 1. The zero-order valence-electron chi connectivity index (χ0n) is 12.8. The van der Waals surface area contributed by atoms with Gasteiger partial charge in [0.1, 0.15) is 5.82 Å². The molecule has 1 aliphatic rings. The molecule has 2 nitrogen and oxygen atoms in total. The molecule has 0 spiro atoms. The molecule has 1 fully saturated rings. The van der Waals surface area contributed by atoms with E-state index in [1.54, 1.807) is 6.07 Å². The summed E-state index contributed by atoms with van der Waals surface area (Å²) in [5.74, 6) is -0.0684. The summed E-state index contributed by atoms with van der Waals surface area (Å²) >= 11 is 0. The highest BCUT2D eigenvalue weighted by Gasteiger charge is 2.23. The van der Waals surface area contributed by atoms with Crippen molar-refractivity contribution in [2.45, 2.75) is 58.5 Å². The minimum Gasteiger partial charge on any atom is -0.366 e. The number of benzene rings is 1. The SMILES string of the molecule is CCCNCc1ccc(N2CCCCC2CC)c(F)c1. The molecule has 2 rings (SSSR count). The van der Waals surface area contributed by atoms with Gasteiger partial charge in [-0.3, -0.25) is 0 Å². The molecule has 0 aliphatic carbocycles. The zero-order valence-corrected chi connectivity index (χ0v) is 12.8. The molecule has 0 amide bonds.